The lowest BCUT2D eigenvalue weighted by Gasteiger charge is -2.22. The number of ether oxygens (including phenoxy) is 1. The number of benzene rings is 1. The van der Waals surface area contributed by atoms with Crippen LogP contribution in [0.15, 0.2) is 48.6 Å². The summed E-state index contributed by atoms with van der Waals surface area (Å²) in [7, 11) is -3.30. The molecule has 2 atom stereocenters. The highest BCUT2D eigenvalue weighted by Gasteiger charge is 2.37. The Bertz CT molecular complexity index is 1580. The number of allylic oxidation sites excluding steroid dienone is 3. The van der Waals surface area contributed by atoms with E-state index in [1.807, 2.05) is 0 Å². The van der Waals surface area contributed by atoms with Gasteiger partial charge in [-0.25, -0.2) is 22.2 Å². The number of halogens is 5. The molecule has 0 amide bonds. The van der Waals surface area contributed by atoms with Gasteiger partial charge in [0.1, 0.15) is 17.0 Å². The molecular formula is C24H19Cl2F3N2O5S. The molecule has 1 aliphatic carbocycles. The van der Waals surface area contributed by atoms with E-state index in [0.29, 0.717) is 10.0 Å². The molecule has 1 aliphatic rings. The largest absolute Gasteiger partial charge is 0.465 e. The van der Waals surface area contributed by atoms with Crippen molar-refractivity contribution in [2.75, 3.05) is 7.11 Å². The van der Waals surface area contributed by atoms with Gasteiger partial charge in [0, 0.05) is 21.7 Å². The van der Waals surface area contributed by atoms with Crippen molar-refractivity contribution in [3.8, 4) is 0 Å². The summed E-state index contributed by atoms with van der Waals surface area (Å²) >= 11 is 12.7. The van der Waals surface area contributed by atoms with Crippen molar-refractivity contribution in [1.82, 2.24) is 8.96 Å². The molecule has 3 aromatic rings. The Morgan fingerprint density at radius 1 is 1.24 bits per heavy atom. The molecule has 0 fully saturated rings. The van der Waals surface area contributed by atoms with Crippen LogP contribution < -0.4 is 0 Å². The third kappa shape index (κ3) is 4.76. The third-order valence-electron chi connectivity index (χ3n) is 5.93. The number of aryl methyl sites for hydroxylation is 1. The van der Waals surface area contributed by atoms with Crippen molar-refractivity contribution in [3.63, 3.8) is 0 Å². The smallest absolute Gasteiger partial charge is 0.433 e. The van der Waals surface area contributed by atoms with Gasteiger partial charge in [-0.05, 0) is 37.6 Å². The Balaban J connectivity index is 2.06. The first-order valence-electron chi connectivity index (χ1n) is 10.7. The average molecular weight is 575 g/mol. The maximum atomic E-state index is 13.8. The number of nitrogens with zero attached hydrogens (tertiary/aromatic N) is 2. The molecule has 2 heterocycles. The average Bonchev–Trinajstić information content (AvgIpc) is 3.25. The zero-order valence-corrected chi connectivity index (χ0v) is 21.6. The predicted octanol–water partition coefficient (Wildman–Crippen LogP) is 5.60. The molecule has 1 N–H and O–H groups in total. The van der Waals surface area contributed by atoms with Gasteiger partial charge in [-0.1, -0.05) is 47.5 Å². The van der Waals surface area contributed by atoms with E-state index in [1.54, 1.807) is 12.2 Å². The van der Waals surface area contributed by atoms with E-state index in [-0.39, 0.29) is 49.9 Å². The fourth-order valence-corrected chi connectivity index (χ4v) is 6.57. The minimum atomic E-state index is -4.86. The van der Waals surface area contributed by atoms with Crippen molar-refractivity contribution in [1.29, 1.82) is 0 Å². The van der Waals surface area contributed by atoms with Crippen LogP contribution in [0.1, 0.15) is 45.5 Å². The van der Waals surface area contributed by atoms with Gasteiger partial charge < -0.3 is 9.84 Å². The second kappa shape index (κ2) is 9.79. The first kappa shape index (κ1) is 27.2. The van der Waals surface area contributed by atoms with Crippen LogP contribution in [0.4, 0.5) is 13.2 Å². The molecule has 0 spiro atoms. The van der Waals surface area contributed by atoms with E-state index in [9.17, 15) is 31.5 Å². The van der Waals surface area contributed by atoms with Crippen LogP contribution >= 0.6 is 23.2 Å². The van der Waals surface area contributed by atoms with Gasteiger partial charge in [0.15, 0.2) is 0 Å². The molecule has 13 heteroatoms. The topological polar surface area (TPSA) is 98.5 Å². The number of carbonyl (C=O) groups is 1. The number of hydrogen-bond acceptors (Lipinski definition) is 6. The van der Waals surface area contributed by atoms with Crippen molar-refractivity contribution in [2.24, 2.45) is 0 Å². The Hall–Kier alpha value is -2.86. The van der Waals surface area contributed by atoms with Gasteiger partial charge in [0.25, 0.3) is 0 Å². The van der Waals surface area contributed by atoms with E-state index in [0.717, 1.165) is 7.11 Å². The van der Waals surface area contributed by atoms with Crippen LogP contribution in [0.25, 0.3) is 10.9 Å². The first-order valence-corrected chi connectivity index (χ1v) is 13.0. The Morgan fingerprint density at radius 2 is 1.95 bits per heavy atom. The molecule has 0 aliphatic heterocycles. The summed E-state index contributed by atoms with van der Waals surface area (Å²) in [6, 6.07) is 4.37. The predicted molar refractivity (Wildman–Crippen MR) is 132 cm³/mol. The molecule has 2 aromatic heterocycles. The highest BCUT2D eigenvalue weighted by molar-refractivity contribution is 7.90. The van der Waals surface area contributed by atoms with Gasteiger partial charge in [-0.15, -0.1) is 0 Å². The molecule has 0 radical (unpaired) electrons. The molecular weight excluding hydrogens is 556 g/mol. The summed E-state index contributed by atoms with van der Waals surface area (Å²) < 4.78 is 73.8. The molecule has 1 aromatic carbocycles. The number of esters is 1. The minimum Gasteiger partial charge on any atom is -0.465 e. The lowest BCUT2D eigenvalue weighted by molar-refractivity contribution is -0.141. The van der Waals surface area contributed by atoms with Crippen molar-refractivity contribution >= 4 is 50.1 Å². The van der Waals surface area contributed by atoms with E-state index < -0.39 is 39.2 Å². The fourth-order valence-electron chi connectivity index (χ4n) is 4.13. The SMILES string of the molecule is COC(=O)c1ccc(Cl)c(C(O)c2cc3c(C)nc(C(F)(F)F)cc3n2S(=O)(=O)C2C=CC=CC2)c1Cl. The Labute approximate surface area is 219 Å². The molecule has 0 bridgehead atoms. The summed E-state index contributed by atoms with van der Waals surface area (Å²) in [5.74, 6) is -0.836. The van der Waals surface area contributed by atoms with E-state index in [2.05, 4.69) is 9.72 Å². The number of pyridine rings is 1. The van der Waals surface area contributed by atoms with Crippen LogP contribution in [0.3, 0.4) is 0 Å². The fraction of sp³-hybridized carbons (Fsp3) is 0.250. The summed E-state index contributed by atoms with van der Waals surface area (Å²) in [5, 5.41) is 9.95. The lowest BCUT2D eigenvalue weighted by Crippen LogP contribution is -2.29. The Kier molecular flexibility index (Phi) is 7.19. The number of methoxy groups -OCH3 is 1. The number of rotatable bonds is 5. The van der Waals surface area contributed by atoms with E-state index in [1.165, 1.54) is 37.3 Å². The zero-order chi connectivity index (χ0) is 27.3. The van der Waals surface area contributed by atoms with Crippen LogP contribution in [-0.2, 0) is 20.9 Å². The number of aromatic nitrogens is 2. The lowest BCUT2D eigenvalue weighted by atomic mass is 10.0. The number of alkyl halides is 3. The van der Waals surface area contributed by atoms with Crippen LogP contribution in [0.5, 0.6) is 0 Å². The zero-order valence-electron chi connectivity index (χ0n) is 19.3. The second-order valence-corrected chi connectivity index (χ2v) is 11.0. The summed E-state index contributed by atoms with van der Waals surface area (Å²) in [4.78, 5) is 15.7. The van der Waals surface area contributed by atoms with Gasteiger partial charge >= 0.3 is 12.1 Å². The number of carbonyl (C=O) groups excluding carboxylic acids is 1. The number of aliphatic hydroxyl groups is 1. The normalized spacial score (nSPS) is 16.8. The van der Waals surface area contributed by atoms with Crippen molar-refractivity contribution in [2.45, 2.75) is 30.9 Å². The number of fused-ring (bicyclic) bond motifs is 1. The quantitative estimate of drug-likeness (QED) is 0.398. The molecule has 0 saturated heterocycles. The second-order valence-electron chi connectivity index (χ2n) is 8.21. The van der Waals surface area contributed by atoms with Gasteiger partial charge in [-0.2, -0.15) is 13.2 Å². The molecule has 4 rings (SSSR count). The van der Waals surface area contributed by atoms with Gasteiger partial charge in [-0.3, -0.25) is 0 Å². The summed E-state index contributed by atoms with van der Waals surface area (Å²) in [6.07, 6.45) is -0.504. The standard InChI is InChI=1S/C24H19Cl2F3N2O5S/c1-12-15-10-18(22(32)20-16(25)9-8-14(21(20)26)23(33)36-2)31(17(15)11-19(30-12)24(27,28)29)37(34,35)13-6-4-3-5-7-13/h3-6,8-11,13,22,32H,7H2,1-2H3. The molecule has 0 saturated carbocycles. The molecule has 7 nitrogen and oxygen atoms in total. The highest BCUT2D eigenvalue weighted by atomic mass is 35.5. The number of aliphatic hydroxyl groups excluding tert-OH is 1. The summed E-state index contributed by atoms with van der Waals surface area (Å²) in [5.41, 5.74) is -2.42. The third-order valence-corrected chi connectivity index (χ3v) is 8.70. The van der Waals surface area contributed by atoms with Gasteiger partial charge in [0.05, 0.1) is 28.9 Å². The molecule has 196 valence electrons. The van der Waals surface area contributed by atoms with E-state index in [4.69, 9.17) is 23.2 Å². The highest BCUT2D eigenvalue weighted by Crippen LogP contribution is 2.41. The maximum absolute atomic E-state index is 13.8. The summed E-state index contributed by atoms with van der Waals surface area (Å²) in [6.45, 7) is 1.30. The van der Waals surface area contributed by atoms with Crippen molar-refractivity contribution in [3.05, 3.63) is 86.8 Å². The van der Waals surface area contributed by atoms with Crippen LogP contribution in [0, 0.1) is 6.92 Å². The monoisotopic (exact) mass is 574 g/mol. The molecule has 37 heavy (non-hydrogen) atoms. The maximum Gasteiger partial charge on any atom is 0.433 e. The minimum absolute atomic E-state index is 0.0591. The number of hydrogen-bond donors (Lipinski definition) is 1. The van der Waals surface area contributed by atoms with Crippen LogP contribution in [-0.4, -0.2) is 40.8 Å². The Morgan fingerprint density at radius 3 is 2.54 bits per heavy atom. The van der Waals surface area contributed by atoms with Crippen LogP contribution in [0.2, 0.25) is 10.0 Å². The molecule has 2 unspecified atom stereocenters. The first-order chi connectivity index (χ1) is 17.3. The van der Waals surface area contributed by atoms with E-state index >= 15 is 0 Å². The van der Waals surface area contributed by atoms with Crippen molar-refractivity contribution < 1.29 is 36.2 Å². The van der Waals surface area contributed by atoms with Gasteiger partial charge in [0.2, 0.25) is 10.0 Å².